The molecular weight excluding hydrogens is 370 g/mol. The van der Waals surface area contributed by atoms with E-state index in [1.807, 2.05) is 58.1 Å². The average molecular weight is 396 g/mol. The molecule has 2 aromatic heterocycles. The molecule has 2 aliphatic rings. The number of aliphatic hydroxyl groups is 1. The number of hydrogen-bond acceptors (Lipinski definition) is 4. The Morgan fingerprint density at radius 2 is 2.04 bits per heavy atom. The topological polar surface area (TPSA) is 57.8 Å². The molecule has 3 aromatic rings. The van der Waals surface area contributed by atoms with Gasteiger partial charge in [-0.1, -0.05) is 43.2 Å². The third-order valence-electron chi connectivity index (χ3n) is 6.56. The van der Waals surface area contributed by atoms with Gasteiger partial charge in [0.05, 0.1) is 11.3 Å². The molecule has 0 bridgehead atoms. The fourth-order valence-corrected chi connectivity index (χ4v) is 6.11. The number of likely N-dealkylation sites (tertiary alicyclic amines) is 1. The number of aromatic nitrogens is 2. The molecule has 1 amide bonds. The van der Waals surface area contributed by atoms with Crippen LogP contribution in [0.1, 0.15) is 53.8 Å². The van der Waals surface area contributed by atoms with E-state index in [-0.39, 0.29) is 17.9 Å². The minimum atomic E-state index is -0.849. The number of carbonyl (C=O) groups is 1. The van der Waals surface area contributed by atoms with Crippen LogP contribution in [-0.4, -0.2) is 37.9 Å². The van der Waals surface area contributed by atoms with E-state index in [0.717, 1.165) is 41.9 Å². The van der Waals surface area contributed by atoms with Gasteiger partial charge in [-0.15, -0.1) is 11.3 Å². The molecule has 1 saturated heterocycles. The monoisotopic (exact) mass is 395 g/mol. The Bertz CT molecular complexity index is 1010. The van der Waals surface area contributed by atoms with Crippen molar-refractivity contribution < 1.29 is 9.90 Å². The zero-order valence-electron chi connectivity index (χ0n) is 16.0. The van der Waals surface area contributed by atoms with Crippen molar-refractivity contribution in [3.05, 3.63) is 58.9 Å². The SMILES string of the molecule is Cc1cn2c(C(=O)N3CC[C@](O)(c4ccccc4)[C@H]4CCCC[C@H]43)csc2n1. The van der Waals surface area contributed by atoms with Crippen LogP contribution in [0.3, 0.4) is 0 Å². The molecule has 5 rings (SSSR count). The number of fused-ring (bicyclic) bond motifs is 2. The highest BCUT2D eigenvalue weighted by Crippen LogP contribution is 2.47. The van der Waals surface area contributed by atoms with E-state index in [2.05, 4.69) is 4.98 Å². The molecule has 28 heavy (non-hydrogen) atoms. The van der Waals surface area contributed by atoms with Crippen LogP contribution in [0.15, 0.2) is 41.9 Å². The molecule has 2 fully saturated rings. The smallest absolute Gasteiger partial charge is 0.272 e. The maximum Gasteiger partial charge on any atom is 0.272 e. The predicted molar refractivity (Wildman–Crippen MR) is 110 cm³/mol. The quantitative estimate of drug-likeness (QED) is 0.714. The van der Waals surface area contributed by atoms with Gasteiger partial charge in [0.1, 0.15) is 5.69 Å². The van der Waals surface area contributed by atoms with Crippen LogP contribution < -0.4 is 0 Å². The van der Waals surface area contributed by atoms with Crippen molar-refractivity contribution in [1.82, 2.24) is 14.3 Å². The maximum atomic E-state index is 13.5. The highest BCUT2D eigenvalue weighted by Gasteiger charge is 2.50. The lowest BCUT2D eigenvalue weighted by molar-refractivity contribution is -0.110. The van der Waals surface area contributed by atoms with Crippen molar-refractivity contribution in [2.45, 2.75) is 50.7 Å². The lowest BCUT2D eigenvalue weighted by Crippen LogP contribution is -2.59. The van der Waals surface area contributed by atoms with Gasteiger partial charge in [-0.3, -0.25) is 9.20 Å². The van der Waals surface area contributed by atoms with Gasteiger partial charge < -0.3 is 10.0 Å². The normalized spacial score (nSPS) is 27.7. The van der Waals surface area contributed by atoms with Crippen LogP contribution >= 0.6 is 11.3 Å². The van der Waals surface area contributed by atoms with Crippen LogP contribution in [0, 0.1) is 12.8 Å². The van der Waals surface area contributed by atoms with Gasteiger partial charge in [-0.05, 0) is 31.7 Å². The summed E-state index contributed by atoms with van der Waals surface area (Å²) in [4.78, 5) is 20.9. The maximum absolute atomic E-state index is 13.5. The number of carbonyl (C=O) groups excluding carboxylic acids is 1. The molecule has 1 aliphatic carbocycles. The first-order valence-electron chi connectivity index (χ1n) is 10.1. The molecule has 146 valence electrons. The molecule has 5 nitrogen and oxygen atoms in total. The number of nitrogens with zero attached hydrogens (tertiary/aromatic N) is 3. The van der Waals surface area contributed by atoms with E-state index in [1.165, 1.54) is 11.3 Å². The summed E-state index contributed by atoms with van der Waals surface area (Å²) < 4.78 is 1.91. The number of thiazole rings is 1. The molecule has 1 N–H and O–H groups in total. The largest absolute Gasteiger partial charge is 0.385 e. The zero-order valence-corrected chi connectivity index (χ0v) is 16.9. The van der Waals surface area contributed by atoms with Crippen molar-refractivity contribution in [3.8, 4) is 0 Å². The van der Waals surface area contributed by atoms with Gasteiger partial charge >= 0.3 is 0 Å². The second-order valence-electron chi connectivity index (χ2n) is 8.15. The Hall–Kier alpha value is -2.18. The van der Waals surface area contributed by atoms with Crippen LogP contribution in [-0.2, 0) is 5.60 Å². The number of rotatable bonds is 2. The molecule has 0 spiro atoms. The number of imidazole rings is 1. The molecule has 6 heteroatoms. The van der Waals surface area contributed by atoms with Crippen LogP contribution in [0.2, 0.25) is 0 Å². The first-order valence-corrected chi connectivity index (χ1v) is 11.0. The average Bonchev–Trinajstić information content (AvgIpc) is 3.27. The van der Waals surface area contributed by atoms with Crippen molar-refractivity contribution in [2.75, 3.05) is 6.54 Å². The summed E-state index contributed by atoms with van der Waals surface area (Å²) >= 11 is 1.51. The highest BCUT2D eigenvalue weighted by molar-refractivity contribution is 7.15. The van der Waals surface area contributed by atoms with E-state index in [0.29, 0.717) is 18.7 Å². The Morgan fingerprint density at radius 3 is 2.86 bits per heavy atom. The van der Waals surface area contributed by atoms with Gasteiger partial charge in [0, 0.05) is 30.1 Å². The second kappa shape index (κ2) is 6.71. The van der Waals surface area contributed by atoms with Crippen molar-refractivity contribution >= 4 is 22.2 Å². The molecular formula is C22H25N3O2S. The third kappa shape index (κ3) is 2.70. The van der Waals surface area contributed by atoms with Gasteiger partial charge in [0.15, 0.2) is 4.96 Å². The predicted octanol–water partition coefficient (Wildman–Crippen LogP) is 4.00. The minimum absolute atomic E-state index is 0.0654. The Labute approximate surface area is 168 Å². The van der Waals surface area contributed by atoms with Crippen LogP contribution in [0.4, 0.5) is 0 Å². The molecule has 1 aliphatic heterocycles. The van der Waals surface area contributed by atoms with Gasteiger partial charge in [0.25, 0.3) is 5.91 Å². The Kier molecular flexibility index (Phi) is 4.29. The summed E-state index contributed by atoms with van der Waals surface area (Å²) in [5, 5.41) is 13.6. The fraction of sp³-hybridized carbons (Fsp3) is 0.455. The first-order chi connectivity index (χ1) is 13.6. The zero-order chi connectivity index (χ0) is 19.3. The number of amides is 1. The van der Waals surface area contributed by atoms with Crippen LogP contribution in [0.25, 0.3) is 4.96 Å². The number of piperidine rings is 1. The molecule has 0 radical (unpaired) electrons. The molecule has 1 saturated carbocycles. The summed E-state index contributed by atoms with van der Waals surface area (Å²) in [6.45, 7) is 2.53. The summed E-state index contributed by atoms with van der Waals surface area (Å²) in [5.74, 6) is 0.149. The lowest BCUT2D eigenvalue weighted by Gasteiger charge is -2.52. The molecule has 3 heterocycles. The summed E-state index contributed by atoms with van der Waals surface area (Å²) in [6.07, 6.45) is 6.66. The van der Waals surface area contributed by atoms with Crippen molar-refractivity contribution in [2.24, 2.45) is 5.92 Å². The molecule has 1 aromatic carbocycles. The fourth-order valence-electron chi connectivity index (χ4n) is 5.22. The van der Waals surface area contributed by atoms with E-state index in [4.69, 9.17) is 0 Å². The molecule has 0 unspecified atom stereocenters. The van der Waals surface area contributed by atoms with Gasteiger partial charge in [0.2, 0.25) is 0 Å². The Balaban J connectivity index is 1.50. The van der Waals surface area contributed by atoms with Crippen molar-refractivity contribution in [1.29, 1.82) is 0 Å². The minimum Gasteiger partial charge on any atom is -0.385 e. The van der Waals surface area contributed by atoms with Gasteiger partial charge in [-0.2, -0.15) is 0 Å². The first kappa shape index (κ1) is 17.9. The van der Waals surface area contributed by atoms with E-state index in [1.54, 1.807) is 0 Å². The van der Waals surface area contributed by atoms with E-state index in [9.17, 15) is 9.90 Å². The summed E-state index contributed by atoms with van der Waals surface area (Å²) in [5.41, 5.74) is 1.75. The third-order valence-corrected chi connectivity index (χ3v) is 7.40. The van der Waals surface area contributed by atoms with E-state index >= 15 is 0 Å². The number of benzene rings is 1. The van der Waals surface area contributed by atoms with Gasteiger partial charge in [-0.25, -0.2) is 4.98 Å². The van der Waals surface area contributed by atoms with Crippen LogP contribution in [0.5, 0.6) is 0 Å². The lowest BCUT2D eigenvalue weighted by atomic mass is 9.66. The number of hydrogen-bond donors (Lipinski definition) is 1. The summed E-state index contributed by atoms with van der Waals surface area (Å²) in [7, 11) is 0. The highest BCUT2D eigenvalue weighted by atomic mass is 32.1. The second-order valence-corrected chi connectivity index (χ2v) is 8.99. The summed E-state index contributed by atoms with van der Waals surface area (Å²) in [6, 6.07) is 10.1. The van der Waals surface area contributed by atoms with Crippen molar-refractivity contribution in [3.63, 3.8) is 0 Å². The van der Waals surface area contributed by atoms with E-state index < -0.39 is 5.60 Å². The Morgan fingerprint density at radius 1 is 1.25 bits per heavy atom. The molecule has 3 atom stereocenters. The number of aryl methyl sites for hydroxylation is 1. The standard InChI is InChI=1S/C22H25N3O2S/c1-15-13-25-19(14-28-21(25)23-15)20(26)24-12-11-22(27,16-7-3-2-4-8-16)17-9-5-6-10-18(17)24/h2-4,7-8,13-14,17-18,27H,5-6,9-12H2,1H3/t17-,18+,22-/m0/s1.